The molecule has 2 rings (SSSR count). The van der Waals surface area contributed by atoms with Crippen molar-refractivity contribution in [2.24, 2.45) is 5.41 Å². The summed E-state index contributed by atoms with van der Waals surface area (Å²) in [6, 6.07) is 0.526. The highest BCUT2D eigenvalue weighted by atomic mass is 16.2. The van der Waals surface area contributed by atoms with Crippen molar-refractivity contribution >= 4 is 5.91 Å². The number of rotatable bonds is 3. The molecule has 3 heteroatoms. The van der Waals surface area contributed by atoms with Crippen LogP contribution in [0, 0.1) is 5.41 Å². The topological polar surface area (TPSA) is 32.3 Å². The fraction of sp³-hybridized carbons (Fsp3) is 0.929. The van der Waals surface area contributed by atoms with Gasteiger partial charge >= 0.3 is 0 Å². The maximum absolute atomic E-state index is 12.2. The van der Waals surface area contributed by atoms with E-state index in [2.05, 4.69) is 19.2 Å². The summed E-state index contributed by atoms with van der Waals surface area (Å²) in [6.07, 6.45) is 6.04. The summed E-state index contributed by atoms with van der Waals surface area (Å²) in [7, 11) is 0. The van der Waals surface area contributed by atoms with Crippen LogP contribution in [0.3, 0.4) is 0 Å². The van der Waals surface area contributed by atoms with Crippen LogP contribution in [0.1, 0.15) is 52.9 Å². The molecule has 0 spiro atoms. The van der Waals surface area contributed by atoms with Gasteiger partial charge in [-0.2, -0.15) is 0 Å². The number of hydrogen-bond acceptors (Lipinski definition) is 2. The minimum absolute atomic E-state index is 0.00741. The molecule has 3 nitrogen and oxygen atoms in total. The maximum atomic E-state index is 12.2. The molecular weight excluding hydrogens is 212 g/mol. The number of hydrogen-bond donors (Lipinski definition) is 1. The van der Waals surface area contributed by atoms with Gasteiger partial charge in [-0.3, -0.25) is 4.79 Å². The van der Waals surface area contributed by atoms with Crippen molar-refractivity contribution in [1.29, 1.82) is 0 Å². The van der Waals surface area contributed by atoms with E-state index in [1.165, 1.54) is 32.1 Å². The third-order valence-electron chi connectivity index (χ3n) is 4.24. The van der Waals surface area contributed by atoms with Gasteiger partial charge in [0.1, 0.15) is 0 Å². The Kier molecular flexibility index (Phi) is 3.76. The zero-order valence-corrected chi connectivity index (χ0v) is 11.5. The molecule has 2 fully saturated rings. The minimum atomic E-state index is -0.00741. The molecular formula is C14H26N2O. The lowest BCUT2D eigenvalue weighted by molar-refractivity contribution is -0.132. The summed E-state index contributed by atoms with van der Waals surface area (Å²) in [4.78, 5) is 14.2. The van der Waals surface area contributed by atoms with Gasteiger partial charge in [-0.25, -0.2) is 0 Å². The zero-order valence-electron chi connectivity index (χ0n) is 11.5. The molecule has 1 saturated heterocycles. The smallest absolute Gasteiger partial charge is 0.239 e. The van der Waals surface area contributed by atoms with E-state index in [-0.39, 0.29) is 6.04 Å². The van der Waals surface area contributed by atoms with E-state index in [1.54, 1.807) is 0 Å². The highest BCUT2D eigenvalue weighted by Gasteiger charge is 2.33. The van der Waals surface area contributed by atoms with E-state index < -0.39 is 0 Å². The summed E-state index contributed by atoms with van der Waals surface area (Å²) in [6.45, 7) is 8.58. The summed E-state index contributed by atoms with van der Waals surface area (Å²) in [5.74, 6) is 0.298. The normalized spacial score (nSPS) is 29.6. The van der Waals surface area contributed by atoms with E-state index in [1.807, 2.05) is 11.8 Å². The Bertz CT molecular complexity index is 282. The quantitative estimate of drug-likeness (QED) is 0.817. The van der Waals surface area contributed by atoms with Gasteiger partial charge in [0.25, 0.3) is 0 Å². The van der Waals surface area contributed by atoms with Crippen molar-refractivity contribution in [2.75, 3.05) is 13.1 Å². The van der Waals surface area contributed by atoms with Crippen LogP contribution in [-0.2, 0) is 4.79 Å². The van der Waals surface area contributed by atoms with Crippen LogP contribution < -0.4 is 5.32 Å². The van der Waals surface area contributed by atoms with E-state index in [4.69, 9.17) is 0 Å². The van der Waals surface area contributed by atoms with Crippen LogP contribution in [0.25, 0.3) is 0 Å². The molecule has 2 atom stereocenters. The Labute approximate surface area is 105 Å². The van der Waals surface area contributed by atoms with Gasteiger partial charge in [0.15, 0.2) is 0 Å². The van der Waals surface area contributed by atoms with Crippen LogP contribution in [-0.4, -0.2) is 36.0 Å². The van der Waals surface area contributed by atoms with Crippen molar-refractivity contribution in [3.05, 3.63) is 0 Å². The Morgan fingerprint density at radius 3 is 2.53 bits per heavy atom. The first kappa shape index (κ1) is 12.9. The molecule has 1 saturated carbocycles. The van der Waals surface area contributed by atoms with Crippen molar-refractivity contribution in [2.45, 2.75) is 65.0 Å². The molecule has 2 aliphatic rings. The SMILES string of the molecule is CC(NC1CCC(C)(C)C1)C(=O)N1CCCC1. The van der Waals surface area contributed by atoms with Crippen molar-refractivity contribution in [1.82, 2.24) is 10.2 Å². The van der Waals surface area contributed by atoms with Crippen LogP contribution >= 0.6 is 0 Å². The van der Waals surface area contributed by atoms with Crippen LogP contribution in [0.5, 0.6) is 0 Å². The Balaban J connectivity index is 1.80. The zero-order chi connectivity index (χ0) is 12.5. The first-order valence-electron chi connectivity index (χ1n) is 7.03. The fourth-order valence-corrected chi connectivity index (χ4v) is 3.21. The van der Waals surface area contributed by atoms with Crippen LogP contribution in [0.4, 0.5) is 0 Å². The van der Waals surface area contributed by atoms with Gasteiger partial charge in [0.2, 0.25) is 5.91 Å². The number of carbonyl (C=O) groups excluding carboxylic acids is 1. The standard InChI is InChI=1S/C14H26N2O/c1-11(13(17)16-8-4-5-9-16)15-12-6-7-14(2,3)10-12/h11-12,15H,4-10H2,1-3H3. The van der Waals surface area contributed by atoms with Crippen molar-refractivity contribution < 1.29 is 4.79 Å². The van der Waals surface area contributed by atoms with Crippen molar-refractivity contribution in [3.63, 3.8) is 0 Å². The van der Waals surface area contributed by atoms with E-state index >= 15 is 0 Å². The molecule has 0 bridgehead atoms. The highest BCUT2D eigenvalue weighted by Crippen LogP contribution is 2.37. The molecule has 1 aliphatic carbocycles. The number of carbonyl (C=O) groups is 1. The summed E-state index contributed by atoms with van der Waals surface area (Å²) < 4.78 is 0. The molecule has 0 aromatic rings. The molecule has 1 aliphatic heterocycles. The van der Waals surface area contributed by atoms with Crippen molar-refractivity contribution in [3.8, 4) is 0 Å². The second kappa shape index (κ2) is 4.97. The predicted molar refractivity (Wildman–Crippen MR) is 69.8 cm³/mol. The molecule has 0 aromatic carbocycles. The predicted octanol–water partition coefficient (Wildman–Crippen LogP) is 2.17. The van der Waals surface area contributed by atoms with Gasteiger partial charge in [-0.1, -0.05) is 13.8 Å². The number of nitrogens with zero attached hydrogens (tertiary/aromatic N) is 1. The van der Waals surface area contributed by atoms with Gasteiger partial charge in [-0.15, -0.1) is 0 Å². The van der Waals surface area contributed by atoms with E-state index in [0.29, 0.717) is 17.4 Å². The summed E-state index contributed by atoms with van der Waals surface area (Å²) in [5, 5.41) is 3.52. The first-order chi connectivity index (χ1) is 7.98. The van der Waals surface area contributed by atoms with E-state index in [0.717, 1.165) is 13.1 Å². The average molecular weight is 238 g/mol. The Hall–Kier alpha value is -0.570. The molecule has 17 heavy (non-hydrogen) atoms. The lowest BCUT2D eigenvalue weighted by atomic mass is 9.92. The number of likely N-dealkylation sites (tertiary alicyclic amines) is 1. The third kappa shape index (κ3) is 3.21. The molecule has 0 radical (unpaired) electrons. The van der Waals surface area contributed by atoms with Crippen LogP contribution in [0.15, 0.2) is 0 Å². The molecule has 1 N–H and O–H groups in total. The molecule has 1 amide bonds. The number of amides is 1. The lowest BCUT2D eigenvalue weighted by Gasteiger charge is -2.25. The Morgan fingerprint density at radius 2 is 2.00 bits per heavy atom. The monoisotopic (exact) mass is 238 g/mol. The molecule has 1 heterocycles. The third-order valence-corrected chi connectivity index (χ3v) is 4.24. The first-order valence-corrected chi connectivity index (χ1v) is 7.03. The lowest BCUT2D eigenvalue weighted by Crippen LogP contribution is -2.47. The maximum Gasteiger partial charge on any atom is 0.239 e. The second-order valence-electron chi connectivity index (χ2n) is 6.52. The molecule has 2 unspecified atom stereocenters. The number of nitrogens with one attached hydrogen (secondary N) is 1. The fourth-order valence-electron chi connectivity index (χ4n) is 3.21. The van der Waals surface area contributed by atoms with Gasteiger partial charge < -0.3 is 10.2 Å². The Morgan fingerprint density at radius 1 is 1.35 bits per heavy atom. The highest BCUT2D eigenvalue weighted by molar-refractivity contribution is 5.81. The molecule has 0 aromatic heterocycles. The van der Waals surface area contributed by atoms with Gasteiger partial charge in [0, 0.05) is 19.1 Å². The molecule has 98 valence electrons. The summed E-state index contributed by atoms with van der Waals surface area (Å²) in [5.41, 5.74) is 0.452. The van der Waals surface area contributed by atoms with E-state index in [9.17, 15) is 4.79 Å². The summed E-state index contributed by atoms with van der Waals surface area (Å²) >= 11 is 0. The minimum Gasteiger partial charge on any atom is -0.341 e. The average Bonchev–Trinajstić information content (AvgIpc) is 2.86. The second-order valence-corrected chi connectivity index (χ2v) is 6.52. The van der Waals surface area contributed by atoms with Gasteiger partial charge in [-0.05, 0) is 44.4 Å². The largest absolute Gasteiger partial charge is 0.341 e. The van der Waals surface area contributed by atoms with Gasteiger partial charge in [0.05, 0.1) is 6.04 Å². The van der Waals surface area contributed by atoms with Crippen LogP contribution in [0.2, 0.25) is 0 Å².